The number of aromatic amines is 1. The summed E-state index contributed by atoms with van der Waals surface area (Å²) in [4.78, 5) is 33.7. The first-order chi connectivity index (χ1) is 16.2. The normalized spacial score (nSPS) is 12.4. The number of Topliss-reactive ketones (excluding diaryl/α,β-unsaturated/α-hetero) is 1. The Morgan fingerprint density at radius 1 is 0.941 bits per heavy atom. The molecule has 6 heteroatoms. The number of imidazole rings is 1. The SMILES string of the molecule is CC(=O)CCCCC[C@@H](c1nc(-c2ccccc2)c(-c2ccccc2)[nH]1)N(C(=O)O)C(C)(C)C. The van der Waals surface area contributed by atoms with Gasteiger partial charge in [-0.2, -0.15) is 0 Å². The smallest absolute Gasteiger partial charge is 0.408 e. The summed E-state index contributed by atoms with van der Waals surface area (Å²) in [6.07, 6.45) is 2.69. The van der Waals surface area contributed by atoms with Gasteiger partial charge in [0.25, 0.3) is 0 Å². The third kappa shape index (κ3) is 6.34. The van der Waals surface area contributed by atoms with Crippen LogP contribution in [0.5, 0.6) is 0 Å². The lowest BCUT2D eigenvalue weighted by Crippen LogP contribution is -2.47. The predicted octanol–water partition coefficient (Wildman–Crippen LogP) is 7.10. The van der Waals surface area contributed by atoms with E-state index in [4.69, 9.17) is 4.98 Å². The third-order valence-corrected chi connectivity index (χ3v) is 5.89. The zero-order valence-corrected chi connectivity index (χ0v) is 20.5. The molecule has 3 rings (SSSR count). The van der Waals surface area contributed by atoms with E-state index in [1.54, 1.807) is 6.92 Å². The number of carbonyl (C=O) groups is 2. The molecule has 6 nitrogen and oxygen atoms in total. The molecule has 0 saturated heterocycles. The third-order valence-electron chi connectivity index (χ3n) is 5.89. The average Bonchev–Trinajstić information content (AvgIpc) is 3.23. The molecule has 0 aliphatic carbocycles. The number of hydrogen-bond donors (Lipinski definition) is 2. The van der Waals surface area contributed by atoms with Gasteiger partial charge in [-0.05, 0) is 40.5 Å². The monoisotopic (exact) mass is 461 g/mol. The molecule has 0 aliphatic rings. The Kier molecular flexibility index (Phi) is 8.26. The molecule has 0 bridgehead atoms. The fourth-order valence-electron chi connectivity index (χ4n) is 4.33. The summed E-state index contributed by atoms with van der Waals surface area (Å²) < 4.78 is 0. The lowest BCUT2D eigenvalue weighted by atomic mass is 9.98. The van der Waals surface area contributed by atoms with Crippen LogP contribution >= 0.6 is 0 Å². The second-order valence-corrected chi connectivity index (χ2v) is 9.72. The highest BCUT2D eigenvalue weighted by molar-refractivity contribution is 5.78. The predicted molar refractivity (Wildman–Crippen MR) is 136 cm³/mol. The van der Waals surface area contributed by atoms with Gasteiger partial charge in [0.1, 0.15) is 11.6 Å². The number of hydrogen-bond acceptors (Lipinski definition) is 3. The number of carbonyl (C=O) groups excluding carboxylic acids is 1. The van der Waals surface area contributed by atoms with Crippen LogP contribution in [0, 0.1) is 0 Å². The zero-order chi connectivity index (χ0) is 24.7. The van der Waals surface area contributed by atoms with Crippen molar-refractivity contribution in [2.75, 3.05) is 0 Å². The van der Waals surface area contributed by atoms with E-state index in [-0.39, 0.29) is 5.78 Å². The Balaban J connectivity index is 2.04. The molecular formula is C28H35N3O3. The van der Waals surface area contributed by atoms with Crippen molar-refractivity contribution in [2.45, 2.75) is 71.4 Å². The van der Waals surface area contributed by atoms with Crippen LogP contribution < -0.4 is 0 Å². The van der Waals surface area contributed by atoms with Crippen LogP contribution in [0.1, 0.15) is 71.7 Å². The van der Waals surface area contributed by atoms with Crippen molar-refractivity contribution in [3.63, 3.8) is 0 Å². The summed E-state index contributed by atoms with van der Waals surface area (Å²) in [5.74, 6) is 0.825. The first kappa shape index (κ1) is 25.2. The number of ketones is 1. The first-order valence-electron chi connectivity index (χ1n) is 11.9. The number of unbranched alkanes of at least 4 members (excludes halogenated alkanes) is 2. The van der Waals surface area contributed by atoms with Crippen LogP contribution in [-0.4, -0.2) is 37.4 Å². The maximum atomic E-state index is 12.4. The highest BCUT2D eigenvalue weighted by atomic mass is 16.4. The number of nitrogens with zero attached hydrogens (tertiary/aromatic N) is 2. The van der Waals surface area contributed by atoms with Crippen molar-refractivity contribution in [1.82, 2.24) is 14.9 Å². The van der Waals surface area contributed by atoms with Crippen LogP contribution in [0.3, 0.4) is 0 Å². The van der Waals surface area contributed by atoms with Crippen LogP contribution in [0.4, 0.5) is 4.79 Å². The number of nitrogens with one attached hydrogen (secondary N) is 1. The van der Waals surface area contributed by atoms with Gasteiger partial charge in [-0.25, -0.2) is 9.78 Å². The fourth-order valence-corrected chi connectivity index (χ4v) is 4.33. The molecule has 1 aromatic heterocycles. The van der Waals surface area contributed by atoms with Gasteiger partial charge in [0.05, 0.1) is 17.4 Å². The molecule has 1 amide bonds. The number of benzene rings is 2. The summed E-state index contributed by atoms with van der Waals surface area (Å²) in [7, 11) is 0. The van der Waals surface area contributed by atoms with E-state index in [0.717, 1.165) is 41.8 Å². The molecule has 0 radical (unpaired) electrons. The van der Waals surface area contributed by atoms with Gasteiger partial charge in [0.15, 0.2) is 0 Å². The maximum absolute atomic E-state index is 12.4. The summed E-state index contributed by atoms with van der Waals surface area (Å²) in [6.45, 7) is 7.32. The van der Waals surface area contributed by atoms with Crippen molar-refractivity contribution in [3.8, 4) is 22.5 Å². The molecule has 34 heavy (non-hydrogen) atoms. The minimum Gasteiger partial charge on any atom is -0.465 e. The number of rotatable bonds is 10. The van der Waals surface area contributed by atoms with E-state index < -0.39 is 17.7 Å². The van der Waals surface area contributed by atoms with Gasteiger partial charge < -0.3 is 14.9 Å². The van der Waals surface area contributed by atoms with E-state index in [1.807, 2.05) is 81.4 Å². The van der Waals surface area contributed by atoms with E-state index in [2.05, 4.69) is 4.98 Å². The van der Waals surface area contributed by atoms with E-state index in [0.29, 0.717) is 18.7 Å². The molecule has 0 spiro atoms. The molecular weight excluding hydrogens is 426 g/mol. The Labute approximate surface area is 202 Å². The summed E-state index contributed by atoms with van der Waals surface area (Å²) in [5.41, 5.74) is 3.05. The largest absolute Gasteiger partial charge is 0.465 e. The Morgan fingerprint density at radius 2 is 1.53 bits per heavy atom. The van der Waals surface area contributed by atoms with Crippen molar-refractivity contribution < 1.29 is 14.7 Å². The number of carboxylic acid groups (broad SMARTS) is 1. The van der Waals surface area contributed by atoms with Gasteiger partial charge >= 0.3 is 6.09 Å². The van der Waals surface area contributed by atoms with E-state index in [1.165, 1.54) is 4.90 Å². The summed E-state index contributed by atoms with van der Waals surface area (Å²) in [6, 6.07) is 19.5. The Bertz CT molecular complexity index is 1030. The summed E-state index contributed by atoms with van der Waals surface area (Å²) >= 11 is 0. The van der Waals surface area contributed by atoms with E-state index in [9.17, 15) is 14.7 Å². The molecule has 0 unspecified atom stereocenters. The average molecular weight is 462 g/mol. The maximum Gasteiger partial charge on any atom is 0.408 e. The van der Waals surface area contributed by atoms with Crippen molar-refractivity contribution >= 4 is 11.9 Å². The molecule has 3 aromatic rings. The Hall–Kier alpha value is -3.41. The lowest BCUT2D eigenvalue weighted by molar-refractivity contribution is -0.117. The second-order valence-electron chi connectivity index (χ2n) is 9.72. The molecule has 180 valence electrons. The zero-order valence-electron chi connectivity index (χ0n) is 20.5. The first-order valence-corrected chi connectivity index (χ1v) is 11.9. The molecule has 2 N–H and O–H groups in total. The molecule has 0 saturated carbocycles. The standard InChI is InChI=1S/C28H35N3O3/c1-20(32)14-8-5-13-19-23(31(27(33)34)28(2,3)4)26-29-24(21-15-9-6-10-16-21)25(30-26)22-17-11-7-12-18-22/h6-7,9-12,15-18,23H,5,8,13-14,19H2,1-4H3,(H,29,30)(H,33,34)/t23-/m0/s1. The lowest BCUT2D eigenvalue weighted by Gasteiger charge is -2.39. The Morgan fingerprint density at radius 3 is 2.06 bits per heavy atom. The highest BCUT2D eigenvalue weighted by Crippen LogP contribution is 2.36. The van der Waals surface area contributed by atoms with Crippen LogP contribution in [0.2, 0.25) is 0 Å². The van der Waals surface area contributed by atoms with Crippen molar-refractivity contribution in [3.05, 3.63) is 66.5 Å². The molecule has 1 heterocycles. The van der Waals surface area contributed by atoms with Crippen molar-refractivity contribution in [1.29, 1.82) is 0 Å². The molecule has 0 aliphatic heterocycles. The number of amides is 1. The van der Waals surface area contributed by atoms with Crippen LogP contribution in [0.25, 0.3) is 22.5 Å². The van der Waals surface area contributed by atoms with Gasteiger partial charge in [-0.3, -0.25) is 4.90 Å². The van der Waals surface area contributed by atoms with Gasteiger partial charge in [-0.15, -0.1) is 0 Å². The molecule has 2 aromatic carbocycles. The minimum absolute atomic E-state index is 0.185. The highest BCUT2D eigenvalue weighted by Gasteiger charge is 2.36. The van der Waals surface area contributed by atoms with Crippen LogP contribution in [-0.2, 0) is 4.79 Å². The minimum atomic E-state index is -0.972. The number of aromatic nitrogens is 2. The van der Waals surface area contributed by atoms with Gasteiger partial charge in [0, 0.05) is 23.1 Å². The summed E-state index contributed by atoms with van der Waals surface area (Å²) in [5, 5.41) is 10.2. The van der Waals surface area contributed by atoms with Crippen molar-refractivity contribution in [2.24, 2.45) is 0 Å². The van der Waals surface area contributed by atoms with Gasteiger partial charge in [0.2, 0.25) is 0 Å². The molecule has 1 atom stereocenters. The topological polar surface area (TPSA) is 86.3 Å². The molecule has 0 fully saturated rings. The van der Waals surface area contributed by atoms with Gasteiger partial charge in [-0.1, -0.05) is 73.5 Å². The fraction of sp³-hybridized carbons (Fsp3) is 0.393. The second kappa shape index (κ2) is 11.1. The quantitative estimate of drug-likeness (QED) is 0.315. The van der Waals surface area contributed by atoms with E-state index >= 15 is 0 Å². The van der Waals surface area contributed by atoms with Crippen LogP contribution in [0.15, 0.2) is 60.7 Å². The number of H-pyrrole nitrogens is 1.